The number of pyridine rings is 1. The van der Waals surface area contributed by atoms with Gasteiger partial charge in [-0.1, -0.05) is 26.8 Å². The van der Waals surface area contributed by atoms with Crippen LogP contribution in [0.3, 0.4) is 0 Å². The van der Waals surface area contributed by atoms with Crippen molar-refractivity contribution in [3.63, 3.8) is 0 Å². The number of hydrogen-bond acceptors (Lipinski definition) is 13. The van der Waals surface area contributed by atoms with E-state index in [-0.39, 0.29) is 41.9 Å². The third-order valence-electron chi connectivity index (χ3n) is 14.1. The summed E-state index contributed by atoms with van der Waals surface area (Å²) < 4.78 is 32.0. The second kappa shape index (κ2) is 16.9. The Kier molecular flexibility index (Phi) is 11.5. The number of ether oxygens (including phenoxy) is 5. The van der Waals surface area contributed by atoms with Gasteiger partial charge in [-0.15, -0.1) is 11.3 Å². The Hall–Kier alpha value is -4.29. The van der Waals surface area contributed by atoms with Gasteiger partial charge in [0.05, 0.1) is 68.3 Å². The molecule has 4 aromatic rings. The Morgan fingerprint density at radius 2 is 1.94 bits per heavy atom. The predicted octanol–water partition coefficient (Wildman–Crippen LogP) is 5.40. The fourth-order valence-corrected chi connectivity index (χ4v) is 11.5. The van der Waals surface area contributed by atoms with Gasteiger partial charge in [-0.2, -0.15) is 0 Å². The standard InChI is InChI=1S/C47H59N7O8S/c1-27-19-61-41(27)42(55)50-38-40(52-23-47(24-52)13-8-16-59-26-47)43-49-35(22-63-43)29-11-12-36-32(17-29)33(18-46(3,4)25-62-45(57)34-10-7-15-53(51-34)44(38)56)39(54(36)30-20-60-21-30)31-9-6-14-48-37(31)28(2)58-5/h6,9,11-12,14,17,22,27-28,30,34,38,40-41,51H,7-8,10,13,15-16,18-21,23-26H2,1-5H3,(H,50,55)/t27-,28-,34-,38-,40-,41?/m0/s1. The van der Waals surface area contributed by atoms with E-state index in [1.54, 1.807) is 7.11 Å². The van der Waals surface area contributed by atoms with E-state index in [9.17, 15) is 9.59 Å². The lowest BCUT2D eigenvalue weighted by Crippen LogP contribution is -2.68. The molecule has 2 amide bonds. The lowest BCUT2D eigenvalue weighted by atomic mass is 9.74. The first-order chi connectivity index (χ1) is 30.4. The molecule has 15 nitrogen and oxygen atoms in total. The van der Waals surface area contributed by atoms with E-state index in [4.69, 9.17) is 33.7 Å². The molecule has 6 atom stereocenters. The van der Waals surface area contributed by atoms with Crippen molar-refractivity contribution in [2.75, 3.05) is 66.4 Å². The maximum absolute atomic E-state index is 15.1. The number of aromatic nitrogens is 3. The molecule has 0 saturated carbocycles. The van der Waals surface area contributed by atoms with Crippen molar-refractivity contribution in [2.45, 2.75) is 96.2 Å². The Labute approximate surface area is 372 Å². The molecule has 9 heterocycles. The van der Waals surface area contributed by atoms with Crippen LogP contribution in [0.15, 0.2) is 41.9 Å². The number of methoxy groups -OCH3 is 1. The first kappa shape index (κ1) is 42.6. The van der Waals surface area contributed by atoms with Crippen LogP contribution in [-0.2, 0) is 44.5 Å². The zero-order chi connectivity index (χ0) is 43.6. The summed E-state index contributed by atoms with van der Waals surface area (Å²) in [5.74, 6) is -1.04. The number of hydrazine groups is 1. The van der Waals surface area contributed by atoms with E-state index < -0.39 is 35.6 Å². The quantitative estimate of drug-likeness (QED) is 0.228. The van der Waals surface area contributed by atoms with Gasteiger partial charge in [-0.3, -0.25) is 29.3 Å². The highest BCUT2D eigenvalue weighted by Crippen LogP contribution is 2.47. The summed E-state index contributed by atoms with van der Waals surface area (Å²) in [5.41, 5.74) is 9.52. The minimum absolute atomic E-state index is 0.0209. The summed E-state index contributed by atoms with van der Waals surface area (Å²) in [7, 11) is 1.70. The number of amides is 2. The van der Waals surface area contributed by atoms with E-state index >= 15 is 4.79 Å². The molecular formula is C47H59N7O8S. The monoisotopic (exact) mass is 881 g/mol. The van der Waals surface area contributed by atoms with Crippen LogP contribution in [0.25, 0.3) is 33.4 Å². The van der Waals surface area contributed by atoms with E-state index in [2.05, 4.69) is 63.7 Å². The number of cyclic esters (lactones) is 1. The van der Waals surface area contributed by atoms with Crippen molar-refractivity contribution in [1.29, 1.82) is 0 Å². The number of carbonyl (C=O) groups excluding carboxylic acids is 3. The van der Waals surface area contributed by atoms with Crippen molar-refractivity contribution in [1.82, 2.24) is 35.2 Å². The second-order valence-electron chi connectivity index (χ2n) is 19.5. The van der Waals surface area contributed by atoms with Gasteiger partial charge >= 0.3 is 5.97 Å². The van der Waals surface area contributed by atoms with Crippen molar-refractivity contribution in [3.05, 3.63) is 58.2 Å². The molecular weight excluding hydrogens is 823 g/mol. The molecule has 6 bridgehead atoms. The number of hydrogen-bond donors (Lipinski definition) is 2. The van der Waals surface area contributed by atoms with Crippen LogP contribution in [0.1, 0.15) is 87.8 Å². The van der Waals surface area contributed by atoms with Crippen LogP contribution in [0.2, 0.25) is 0 Å². The first-order valence-corrected chi connectivity index (χ1v) is 23.5. The smallest absolute Gasteiger partial charge is 0.324 e. The van der Waals surface area contributed by atoms with E-state index in [0.29, 0.717) is 65.3 Å². The van der Waals surface area contributed by atoms with E-state index in [1.165, 1.54) is 16.3 Å². The van der Waals surface area contributed by atoms with Crippen LogP contribution in [0.4, 0.5) is 0 Å². The summed E-state index contributed by atoms with van der Waals surface area (Å²) >= 11 is 1.50. The Bertz CT molecular complexity index is 2380. The van der Waals surface area contributed by atoms with Crippen molar-refractivity contribution >= 4 is 40.0 Å². The molecule has 2 N–H and O–H groups in total. The van der Waals surface area contributed by atoms with Gasteiger partial charge < -0.3 is 33.6 Å². The molecule has 1 unspecified atom stereocenters. The maximum atomic E-state index is 15.1. The Morgan fingerprint density at radius 1 is 1.10 bits per heavy atom. The van der Waals surface area contributed by atoms with Crippen LogP contribution >= 0.6 is 11.3 Å². The first-order valence-electron chi connectivity index (χ1n) is 22.6. The van der Waals surface area contributed by atoms with Gasteiger partial charge in [0, 0.05) is 83.7 Å². The average molecular weight is 882 g/mol. The number of nitrogens with zero attached hydrogens (tertiary/aromatic N) is 5. The fourth-order valence-electron chi connectivity index (χ4n) is 10.5. The number of thiazole rings is 1. The third-order valence-corrected chi connectivity index (χ3v) is 15.0. The number of fused-ring (bicyclic) bond motifs is 6. The molecule has 10 rings (SSSR count). The molecule has 6 aliphatic heterocycles. The van der Waals surface area contributed by atoms with Crippen molar-refractivity contribution in [2.24, 2.45) is 16.7 Å². The van der Waals surface area contributed by atoms with Crippen LogP contribution in [0, 0.1) is 16.7 Å². The maximum Gasteiger partial charge on any atom is 0.324 e. The summed E-state index contributed by atoms with van der Waals surface area (Å²) in [4.78, 5) is 55.7. The lowest BCUT2D eigenvalue weighted by molar-refractivity contribution is -0.165. The minimum Gasteiger partial charge on any atom is -0.464 e. The van der Waals surface area contributed by atoms with Crippen LogP contribution < -0.4 is 10.7 Å². The zero-order valence-corrected chi connectivity index (χ0v) is 37.7. The zero-order valence-electron chi connectivity index (χ0n) is 36.9. The largest absolute Gasteiger partial charge is 0.464 e. The van der Waals surface area contributed by atoms with Gasteiger partial charge in [-0.05, 0) is 68.9 Å². The van der Waals surface area contributed by atoms with Crippen LogP contribution in [0.5, 0.6) is 0 Å². The molecule has 5 saturated heterocycles. The molecule has 16 heteroatoms. The number of nitrogens with one attached hydrogen (secondary N) is 2. The van der Waals surface area contributed by atoms with Gasteiger partial charge in [0.1, 0.15) is 23.2 Å². The van der Waals surface area contributed by atoms with E-state index in [1.807, 2.05) is 26.1 Å². The third kappa shape index (κ3) is 7.89. The molecule has 0 radical (unpaired) electrons. The summed E-state index contributed by atoms with van der Waals surface area (Å²) in [6, 6.07) is 8.40. The number of carbonyl (C=O) groups is 3. The van der Waals surface area contributed by atoms with Crippen LogP contribution in [-0.4, -0.2) is 127 Å². The number of likely N-dealkylation sites (tertiary alicyclic amines) is 1. The van der Waals surface area contributed by atoms with E-state index in [0.717, 1.165) is 69.1 Å². The number of esters is 1. The molecule has 3 aromatic heterocycles. The van der Waals surface area contributed by atoms with Gasteiger partial charge in [0.25, 0.3) is 5.91 Å². The lowest BCUT2D eigenvalue weighted by Gasteiger charge is -2.55. The normalized spacial score (nSPS) is 28.1. The van der Waals surface area contributed by atoms with Crippen molar-refractivity contribution in [3.8, 4) is 22.5 Å². The summed E-state index contributed by atoms with van der Waals surface area (Å²) in [6.07, 6.45) is 4.59. The highest BCUT2D eigenvalue weighted by atomic mass is 32.1. The second-order valence-corrected chi connectivity index (χ2v) is 20.4. The van der Waals surface area contributed by atoms with Gasteiger partial charge in [-0.25, -0.2) is 10.4 Å². The Balaban J connectivity index is 1.14. The molecule has 1 aromatic carbocycles. The Morgan fingerprint density at radius 3 is 2.65 bits per heavy atom. The number of benzene rings is 1. The topological polar surface area (TPSA) is 159 Å². The molecule has 1 spiro atoms. The highest BCUT2D eigenvalue weighted by Gasteiger charge is 2.52. The highest BCUT2D eigenvalue weighted by molar-refractivity contribution is 7.10. The minimum atomic E-state index is -1.02. The molecule has 6 aliphatic rings. The van der Waals surface area contributed by atoms with Gasteiger partial charge in [0.15, 0.2) is 0 Å². The predicted molar refractivity (Wildman–Crippen MR) is 236 cm³/mol. The molecule has 0 aliphatic carbocycles. The molecule has 336 valence electrons. The summed E-state index contributed by atoms with van der Waals surface area (Å²) in [6.45, 7) is 13.2. The van der Waals surface area contributed by atoms with Gasteiger partial charge in [0.2, 0.25) is 5.91 Å². The number of rotatable bonds is 7. The SMILES string of the molecule is CO[C@@H](C)c1ncccc1-c1c2c3cc(ccc3n1C1COC1)-c1csc(n1)[C@@H](N1CC3(CCCOC3)C1)[C@H](NC(=O)C1OC[C@@H]1C)C(=O)N1CCC[C@H](N1)C(=O)OCC(C)(C)C2. The average Bonchev–Trinajstić information content (AvgIpc) is 3.86. The fraction of sp³-hybridized carbons (Fsp3) is 0.596. The van der Waals surface area contributed by atoms with Crippen molar-refractivity contribution < 1.29 is 38.1 Å². The molecule has 63 heavy (non-hydrogen) atoms. The summed E-state index contributed by atoms with van der Waals surface area (Å²) in [5, 5.41) is 8.56. The molecule has 5 fully saturated rings.